The molecule has 5 nitrogen and oxygen atoms in total. The van der Waals surface area contributed by atoms with Gasteiger partial charge in [-0.25, -0.2) is 4.21 Å². The van der Waals surface area contributed by atoms with E-state index in [1.54, 1.807) is 0 Å². The summed E-state index contributed by atoms with van der Waals surface area (Å²) in [4.78, 5) is 2.20. The van der Waals surface area contributed by atoms with E-state index in [0.717, 1.165) is 31.9 Å². The third-order valence-electron chi connectivity index (χ3n) is 2.56. The standard InChI is InChI=1S/C10H15N3O2S/c14-16(15)12-9-3-1-2-4-10(9)13-7-5-11-6-8-13/h1-4,11-12H,5-8H2,(H,14,15). The number of nitrogens with zero attached hydrogens (tertiary/aromatic N) is 1. The summed E-state index contributed by atoms with van der Waals surface area (Å²) < 4.78 is 22.2. The molecular formula is C10H15N3O2S. The Labute approximate surface area is 97.3 Å². The van der Waals surface area contributed by atoms with Crippen molar-refractivity contribution in [2.75, 3.05) is 35.8 Å². The lowest BCUT2D eigenvalue weighted by molar-refractivity contribution is 0.570. The molecule has 1 fully saturated rings. The average molecular weight is 241 g/mol. The van der Waals surface area contributed by atoms with Gasteiger partial charge in [-0.05, 0) is 12.1 Å². The predicted octanol–water partition coefficient (Wildman–Crippen LogP) is 0.645. The van der Waals surface area contributed by atoms with Crippen molar-refractivity contribution in [2.24, 2.45) is 0 Å². The summed E-state index contributed by atoms with van der Waals surface area (Å²) in [6.45, 7) is 3.71. The minimum Gasteiger partial charge on any atom is -0.367 e. The molecule has 6 heteroatoms. The third kappa shape index (κ3) is 2.72. The molecular weight excluding hydrogens is 226 g/mol. The van der Waals surface area contributed by atoms with Gasteiger partial charge in [0, 0.05) is 26.2 Å². The molecule has 1 heterocycles. The van der Waals surface area contributed by atoms with E-state index in [4.69, 9.17) is 4.55 Å². The van der Waals surface area contributed by atoms with E-state index in [0.29, 0.717) is 5.69 Å². The van der Waals surface area contributed by atoms with Crippen LogP contribution >= 0.6 is 0 Å². The van der Waals surface area contributed by atoms with E-state index in [1.807, 2.05) is 24.3 Å². The highest BCUT2D eigenvalue weighted by atomic mass is 32.2. The second-order valence-electron chi connectivity index (χ2n) is 3.61. The molecule has 1 aromatic carbocycles. The summed E-state index contributed by atoms with van der Waals surface area (Å²) in [6.07, 6.45) is 0. The monoisotopic (exact) mass is 241 g/mol. The Hall–Kier alpha value is -1.11. The lowest BCUT2D eigenvalue weighted by Crippen LogP contribution is -2.43. The SMILES string of the molecule is O=S(O)Nc1ccccc1N1CCNCC1. The van der Waals surface area contributed by atoms with Gasteiger partial charge in [-0.1, -0.05) is 12.1 Å². The fraction of sp³-hybridized carbons (Fsp3) is 0.400. The Balaban J connectivity index is 2.20. The fourth-order valence-electron chi connectivity index (χ4n) is 1.84. The molecule has 1 unspecified atom stereocenters. The summed E-state index contributed by atoms with van der Waals surface area (Å²) in [5, 5.41) is 3.27. The van der Waals surface area contributed by atoms with Crippen molar-refractivity contribution in [3.05, 3.63) is 24.3 Å². The second kappa shape index (κ2) is 5.29. The lowest BCUT2D eigenvalue weighted by Gasteiger charge is -2.30. The number of nitrogens with one attached hydrogen (secondary N) is 2. The summed E-state index contributed by atoms with van der Waals surface area (Å²) >= 11 is -2.02. The van der Waals surface area contributed by atoms with Gasteiger partial charge < -0.3 is 10.2 Å². The first-order chi connectivity index (χ1) is 7.77. The number of anilines is 2. The maximum atomic E-state index is 10.8. The Morgan fingerprint density at radius 2 is 2.00 bits per heavy atom. The van der Waals surface area contributed by atoms with E-state index >= 15 is 0 Å². The van der Waals surface area contributed by atoms with Crippen LogP contribution in [0.4, 0.5) is 11.4 Å². The largest absolute Gasteiger partial charge is 0.367 e. The number of benzene rings is 1. The van der Waals surface area contributed by atoms with Crippen LogP contribution in [0.25, 0.3) is 0 Å². The minimum absolute atomic E-state index is 0.699. The van der Waals surface area contributed by atoms with E-state index in [2.05, 4.69) is 14.9 Å². The molecule has 0 aromatic heterocycles. The summed E-state index contributed by atoms with van der Waals surface area (Å²) in [5.74, 6) is 0. The van der Waals surface area contributed by atoms with Crippen molar-refractivity contribution in [3.63, 3.8) is 0 Å². The van der Waals surface area contributed by atoms with Gasteiger partial charge in [0.15, 0.2) is 0 Å². The Bertz CT molecular complexity index is 380. The molecule has 0 bridgehead atoms. The first-order valence-corrected chi connectivity index (χ1v) is 6.30. The van der Waals surface area contributed by atoms with Gasteiger partial charge in [0.05, 0.1) is 11.4 Å². The summed E-state index contributed by atoms with van der Waals surface area (Å²) in [7, 11) is 0. The first-order valence-electron chi connectivity index (χ1n) is 5.19. The van der Waals surface area contributed by atoms with Crippen molar-refractivity contribution in [2.45, 2.75) is 0 Å². The van der Waals surface area contributed by atoms with Crippen LogP contribution in [0.15, 0.2) is 24.3 Å². The van der Waals surface area contributed by atoms with Crippen LogP contribution in [0.3, 0.4) is 0 Å². The molecule has 0 aliphatic carbocycles. The van der Waals surface area contributed by atoms with Crippen LogP contribution in [0.2, 0.25) is 0 Å². The molecule has 2 rings (SSSR count). The van der Waals surface area contributed by atoms with E-state index in [1.165, 1.54) is 0 Å². The average Bonchev–Trinajstić information content (AvgIpc) is 2.30. The van der Waals surface area contributed by atoms with Gasteiger partial charge in [0.2, 0.25) is 0 Å². The van der Waals surface area contributed by atoms with E-state index in [-0.39, 0.29) is 0 Å². The van der Waals surface area contributed by atoms with Crippen LogP contribution in [-0.2, 0) is 11.3 Å². The van der Waals surface area contributed by atoms with Gasteiger partial charge in [-0.3, -0.25) is 9.27 Å². The summed E-state index contributed by atoms with van der Waals surface area (Å²) in [5.41, 5.74) is 1.68. The second-order valence-corrected chi connectivity index (χ2v) is 4.31. The third-order valence-corrected chi connectivity index (χ3v) is 2.95. The molecule has 1 aliphatic rings. The molecule has 0 spiro atoms. The van der Waals surface area contributed by atoms with Gasteiger partial charge in [-0.15, -0.1) is 0 Å². The highest BCUT2D eigenvalue weighted by Gasteiger charge is 2.14. The quantitative estimate of drug-likeness (QED) is 0.680. The number of rotatable bonds is 3. The van der Waals surface area contributed by atoms with Crippen molar-refractivity contribution < 1.29 is 8.76 Å². The van der Waals surface area contributed by atoms with Crippen LogP contribution < -0.4 is 14.9 Å². The summed E-state index contributed by atoms with van der Waals surface area (Å²) in [6, 6.07) is 7.55. The van der Waals surface area contributed by atoms with E-state index < -0.39 is 11.3 Å². The number of para-hydroxylation sites is 2. The molecule has 1 saturated heterocycles. The molecule has 0 radical (unpaired) electrons. The normalized spacial score (nSPS) is 18.2. The van der Waals surface area contributed by atoms with Gasteiger partial charge in [-0.2, -0.15) is 0 Å². The van der Waals surface area contributed by atoms with Crippen LogP contribution in [-0.4, -0.2) is 34.9 Å². The Kier molecular flexibility index (Phi) is 3.76. The number of piperazine rings is 1. The zero-order valence-corrected chi connectivity index (χ0v) is 9.67. The Morgan fingerprint density at radius 3 is 2.69 bits per heavy atom. The molecule has 0 amide bonds. The molecule has 1 aromatic rings. The van der Waals surface area contributed by atoms with Crippen molar-refractivity contribution >= 4 is 22.6 Å². The lowest BCUT2D eigenvalue weighted by atomic mass is 10.2. The van der Waals surface area contributed by atoms with Crippen molar-refractivity contribution in [3.8, 4) is 0 Å². The molecule has 16 heavy (non-hydrogen) atoms. The van der Waals surface area contributed by atoms with E-state index in [9.17, 15) is 4.21 Å². The van der Waals surface area contributed by atoms with Gasteiger partial charge >= 0.3 is 0 Å². The molecule has 88 valence electrons. The van der Waals surface area contributed by atoms with Crippen molar-refractivity contribution in [1.29, 1.82) is 0 Å². The van der Waals surface area contributed by atoms with Gasteiger partial charge in [0.25, 0.3) is 11.3 Å². The first kappa shape index (κ1) is 11.4. The smallest absolute Gasteiger partial charge is 0.259 e. The molecule has 0 saturated carbocycles. The molecule has 1 atom stereocenters. The fourth-order valence-corrected chi connectivity index (χ4v) is 2.20. The maximum absolute atomic E-state index is 10.8. The molecule has 1 aliphatic heterocycles. The maximum Gasteiger partial charge on any atom is 0.259 e. The van der Waals surface area contributed by atoms with Crippen LogP contribution in [0, 0.1) is 0 Å². The van der Waals surface area contributed by atoms with Crippen LogP contribution in [0.5, 0.6) is 0 Å². The highest BCUT2D eigenvalue weighted by Crippen LogP contribution is 2.25. The topological polar surface area (TPSA) is 64.6 Å². The van der Waals surface area contributed by atoms with Gasteiger partial charge in [0.1, 0.15) is 0 Å². The highest BCUT2D eigenvalue weighted by molar-refractivity contribution is 7.80. The zero-order valence-electron chi connectivity index (χ0n) is 8.85. The minimum atomic E-state index is -2.02. The zero-order chi connectivity index (χ0) is 11.4. The number of hydrogen-bond acceptors (Lipinski definition) is 3. The number of hydrogen-bond donors (Lipinski definition) is 3. The van der Waals surface area contributed by atoms with Crippen LogP contribution in [0.1, 0.15) is 0 Å². The Morgan fingerprint density at radius 1 is 1.31 bits per heavy atom. The van der Waals surface area contributed by atoms with Crippen molar-refractivity contribution in [1.82, 2.24) is 5.32 Å². The molecule has 3 N–H and O–H groups in total. The predicted molar refractivity (Wildman–Crippen MR) is 65.9 cm³/mol.